The predicted molar refractivity (Wildman–Crippen MR) is 98.4 cm³/mol. The van der Waals surface area contributed by atoms with Gasteiger partial charge in [-0.05, 0) is 24.3 Å². The summed E-state index contributed by atoms with van der Waals surface area (Å²) >= 11 is 0. The third-order valence-electron chi connectivity index (χ3n) is 4.43. The number of carbonyl (C=O) groups is 1. The van der Waals surface area contributed by atoms with Crippen molar-refractivity contribution in [1.82, 2.24) is 24.3 Å². The maximum atomic E-state index is 14.1. The lowest BCUT2D eigenvalue weighted by Gasteiger charge is -2.07. The second kappa shape index (κ2) is 6.80. The molecule has 0 amide bonds. The van der Waals surface area contributed by atoms with Crippen molar-refractivity contribution < 1.29 is 13.6 Å². The van der Waals surface area contributed by atoms with Crippen LogP contribution in [0.2, 0.25) is 0 Å². The van der Waals surface area contributed by atoms with Crippen molar-refractivity contribution in [3.8, 4) is 22.5 Å². The number of hydrogen-bond donors (Lipinski definition) is 0. The predicted octanol–water partition coefficient (Wildman–Crippen LogP) is 3.39. The number of aryl methyl sites for hydroxylation is 1. The fourth-order valence-corrected chi connectivity index (χ4v) is 3.02. The van der Waals surface area contributed by atoms with Gasteiger partial charge in [0.1, 0.15) is 11.6 Å². The molecule has 0 aliphatic heterocycles. The minimum Gasteiger partial charge on any atom is -0.324 e. The van der Waals surface area contributed by atoms with Crippen molar-refractivity contribution in [3.63, 3.8) is 0 Å². The second-order valence-electron chi connectivity index (χ2n) is 6.28. The summed E-state index contributed by atoms with van der Waals surface area (Å²) in [7, 11) is 3.52. The van der Waals surface area contributed by atoms with Crippen molar-refractivity contribution in [3.05, 3.63) is 78.1 Å². The zero-order chi connectivity index (χ0) is 19.8. The van der Waals surface area contributed by atoms with Gasteiger partial charge in [0.15, 0.2) is 5.82 Å². The quantitative estimate of drug-likeness (QED) is 0.510. The van der Waals surface area contributed by atoms with E-state index in [9.17, 15) is 13.6 Å². The zero-order valence-electron chi connectivity index (χ0n) is 15.1. The normalized spacial score (nSPS) is 11.0. The van der Waals surface area contributed by atoms with Gasteiger partial charge >= 0.3 is 0 Å². The highest BCUT2D eigenvalue weighted by atomic mass is 19.1. The number of halogens is 2. The van der Waals surface area contributed by atoms with Crippen molar-refractivity contribution in [1.29, 1.82) is 0 Å². The van der Waals surface area contributed by atoms with E-state index >= 15 is 0 Å². The summed E-state index contributed by atoms with van der Waals surface area (Å²) in [6.45, 7) is 0. The second-order valence-corrected chi connectivity index (χ2v) is 6.28. The standard InChI is InChI=1S/C20H15F2N5O/c1-26-11-13(9-25-26)17-10-24-20(27(17)2)19(28)12-6-7-23-16(8-12)18-14(21)4-3-5-15(18)22/h3-11H,1-2H3. The van der Waals surface area contributed by atoms with Gasteiger partial charge in [0.2, 0.25) is 5.78 Å². The molecule has 6 nitrogen and oxygen atoms in total. The number of ketones is 1. The third-order valence-corrected chi connectivity index (χ3v) is 4.43. The number of nitrogens with zero attached hydrogens (tertiary/aromatic N) is 5. The summed E-state index contributed by atoms with van der Waals surface area (Å²) in [6, 6.07) is 6.42. The number of carbonyl (C=O) groups excluding carboxylic acids is 1. The molecule has 4 rings (SSSR count). The Bertz CT molecular complexity index is 1170. The maximum Gasteiger partial charge on any atom is 0.228 e. The van der Waals surface area contributed by atoms with E-state index in [1.54, 1.807) is 35.7 Å². The van der Waals surface area contributed by atoms with Gasteiger partial charge < -0.3 is 4.57 Å². The molecule has 0 aliphatic carbocycles. The Morgan fingerprint density at radius 2 is 1.79 bits per heavy atom. The topological polar surface area (TPSA) is 65.6 Å². The molecule has 3 heterocycles. The van der Waals surface area contributed by atoms with Gasteiger partial charge in [-0.15, -0.1) is 0 Å². The Morgan fingerprint density at radius 1 is 1.04 bits per heavy atom. The molecule has 0 saturated heterocycles. The summed E-state index contributed by atoms with van der Waals surface area (Å²) in [4.78, 5) is 21.2. The molecule has 1 aromatic carbocycles. The number of rotatable bonds is 4. The van der Waals surface area contributed by atoms with Crippen LogP contribution >= 0.6 is 0 Å². The highest BCUT2D eigenvalue weighted by Crippen LogP contribution is 2.26. The van der Waals surface area contributed by atoms with Crippen molar-refractivity contribution in [2.24, 2.45) is 14.1 Å². The van der Waals surface area contributed by atoms with Gasteiger partial charge in [0.05, 0.1) is 29.3 Å². The molecule has 0 unspecified atom stereocenters. The SMILES string of the molecule is Cn1cc(-c2cnc(C(=O)c3ccnc(-c4c(F)cccc4F)c3)n2C)cn1. The molecule has 140 valence electrons. The first-order valence-electron chi connectivity index (χ1n) is 8.41. The van der Waals surface area contributed by atoms with Crippen LogP contribution in [0.15, 0.2) is 55.1 Å². The average Bonchev–Trinajstić information content (AvgIpc) is 3.27. The van der Waals surface area contributed by atoms with E-state index in [-0.39, 0.29) is 28.4 Å². The zero-order valence-corrected chi connectivity index (χ0v) is 15.1. The minimum absolute atomic E-state index is 0.0446. The molecule has 0 spiro atoms. The van der Waals surface area contributed by atoms with Crippen LogP contribution in [0.1, 0.15) is 16.2 Å². The van der Waals surface area contributed by atoms with Crippen molar-refractivity contribution >= 4 is 5.78 Å². The maximum absolute atomic E-state index is 14.1. The minimum atomic E-state index is -0.743. The van der Waals surface area contributed by atoms with Gasteiger partial charge in [0, 0.05) is 37.6 Å². The van der Waals surface area contributed by atoms with Crippen LogP contribution in [0.5, 0.6) is 0 Å². The number of imidazole rings is 1. The molecule has 0 bridgehead atoms. The molecule has 3 aromatic heterocycles. The van der Waals surface area contributed by atoms with Gasteiger partial charge in [-0.3, -0.25) is 14.5 Å². The smallest absolute Gasteiger partial charge is 0.228 e. The molecule has 0 radical (unpaired) electrons. The lowest BCUT2D eigenvalue weighted by molar-refractivity contribution is 0.102. The van der Waals surface area contributed by atoms with Crippen LogP contribution in [0.25, 0.3) is 22.5 Å². The van der Waals surface area contributed by atoms with E-state index in [1.165, 1.54) is 24.4 Å². The highest BCUT2D eigenvalue weighted by Gasteiger charge is 2.20. The molecule has 28 heavy (non-hydrogen) atoms. The Labute approximate surface area is 159 Å². The van der Waals surface area contributed by atoms with Gasteiger partial charge in [-0.1, -0.05) is 6.07 Å². The highest BCUT2D eigenvalue weighted by molar-refractivity contribution is 6.07. The molecule has 0 fully saturated rings. The number of aromatic nitrogens is 5. The fourth-order valence-electron chi connectivity index (χ4n) is 3.02. The van der Waals surface area contributed by atoms with Crippen LogP contribution in [0.4, 0.5) is 8.78 Å². The van der Waals surface area contributed by atoms with E-state index in [0.717, 1.165) is 23.4 Å². The van der Waals surface area contributed by atoms with Crippen LogP contribution < -0.4 is 0 Å². The Balaban J connectivity index is 1.73. The van der Waals surface area contributed by atoms with Crippen molar-refractivity contribution in [2.45, 2.75) is 0 Å². The summed E-state index contributed by atoms with van der Waals surface area (Å²) in [5.74, 6) is -1.66. The van der Waals surface area contributed by atoms with E-state index < -0.39 is 11.6 Å². The first kappa shape index (κ1) is 17.7. The summed E-state index contributed by atoms with van der Waals surface area (Å²) in [6.07, 6.45) is 6.43. The summed E-state index contributed by atoms with van der Waals surface area (Å²) in [5, 5.41) is 4.12. The van der Waals surface area contributed by atoms with Crippen LogP contribution in [-0.2, 0) is 14.1 Å². The average molecular weight is 379 g/mol. The Hall–Kier alpha value is -3.68. The van der Waals surface area contributed by atoms with E-state index in [4.69, 9.17) is 0 Å². The Kier molecular flexibility index (Phi) is 4.31. The fraction of sp³-hybridized carbons (Fsp3) is 0.100. The molecular formula is C20H15F2N5O. The number of benzene rings is 1. The Morgan fingerprint density at radius 3 is 2.46 bits per heavy atom. The monoisotopic (exact) mass is 379 g/mol. The molecular weight excluding hydrogens is 364 g/mol. The summed E-state index contributed by atoms with van der Waals surface area (Å²) in [5.41, 5.74) is 1.56. The molecule has 0 N–H and O–H groups in total. The van der Waals surface area contributed by atoms with Gasteiger partial charge in [0.25, 0.3) is 0 Å². The van der Waals surface area contributed by atoms with Crippen LogP contribution in [0.3, 0.4) is 0 Å². The van der Waals surface area contributed by atoms with E-state index in [2.05, 4.69) is 15.1 Å². The molecule has 4 aromatic rings. The molecule has 0 saturated carbocycles. The first-order chi connectivity index (χ1) is 13.5. The largest absolute Gasteiger partial charge is 0.324 e. The van der Waals surface area contributed by atoms with E-state index in [0.29, 0.717) is 0 Å². The van der Waals surface area contributed by atoms with Crippen LogP contribution in [-0.4, -0.2) is 30.1 Å². The third kappa shape index (κ3) is 2.98. The number of pyridine rings is 1. The van der Waals surface area contributed by atoms with Gasteiger partial charge in [-0.2, -0.15) is 5.10 Å². The number of hydrogen-bond acceptors (Lipinski definition) is 4. The van der Waals surface area contributed by atoms with E-state index in [1.807, 2.05) is 6.20 Å². The molecule has 0 atom stereocenters. The lowest BCUT2D eigenvalue weighted by atomic mass is 10.1. The van der Waals surface area contributed by atoms with Crippen LogP contribution in [0, 0.1) is 11.6 Å². The summed E-state index contributed by atoms with van der Waals surface area (Å²) < 4.78 is 31.4. The molecule has 0 aliphatic rings. The van der Waals surface area contributed by atoms with Crippen molar-refractivity contribution in [2.75, 3.05) is 0 Å². The van der Waals surface area contributed by atoms with Gasteiger partial charge in [-0.25, -0.2) is 13.8 Å². The first-order valence-corrected chi connectivity index (χ1v) is 8.41. The molecule has 8 heteroatoms. The lowest BCUT2D eigenvalue weighted by Crippen LogP contribution is -2.10.